The Hall–Kier alpha value is -2.32. The summed E-state index contributed by atoms with van der Waals surface area (Å²) >= 11 is 0. The van der Waals surface area contributed by atoms with Crippen LogP contribution in [-0.2, 0) is 11.8 Å². The SMILES string of the molecule is COCC(O)CNC(=O)c1cn(C)nc1-c1ccc(F)cc1F. The van der Waals surface area contributed by atoms with Gasteiger partial charge < -0.3 is 15.2 Å². The molecule has 0 fully saturated rings. The minimum absolute atomic E-state index is 0.0209. The molecule has 1 aromatic heterocycles. The standard InChI is InChI=1S/C15H17F2N3O3/c1-20-7-12(15(22)18-6-10(21)8-23-2)14(19-20)11-4-3-9(16)5-13(11)17/h3-5,7,10,21H,6,8H2,1-2H3,(H,18,22). The van der Waals surface area contributed by atoms with Crippen molar-refractivity contribution in [2.45, 2.75) is 6.10 Å². The summed E-state index contributed by atoms with van der Waals surface area (Å²) in [7, 11) is 3.02. The fourth-order valence-corrected chi connectivity index (χ4v) is 2.09. The quantitative estimate of drug-likeness (QED) is 0.834. The van der Waals surface area contributed by atoms with Crippen LogP contribution in [0.2, 0.25) is 0 Å². The zero-order valence-electron chi connectivity index (χ0n) is 12.7. The molecule has 0 aliphatic rings. The summed E-state index contributed by atoms with van der Waals surface area (Å²) < 4.78 is 33.1. The Morgan fingerprint density at radius 1 is 1.48 bits per heavy atom. The van der Waals surface area contributed by atoms with Crippen molar-refractivity contribution in [2.75, 3.05) is 20.3 Å². The minimum Gasteiger partial charge on any atom is -0.389 e. The normalized spacial score (nSPS) is 12.2. The second kappa shape index (κ2) is 7.30. The molecule has 2 rings (SSSR count). The van der Waals surface area contributed by atoms with Gasteiger partial charge in [-0.25, -0.2) is 8.78 Å². The number of carbonyl (C=O) groups excluding carboxylic acids is 1. The van der Waals surface area contributed by atoms with Gasteiger partial charge in [0.2, 0.25) is 0 Å². The first-order chi connectivity index (χ1) is 10.9. The number of aliphatic hydroxyl groups is 1. The van der Waals surface area contributed by atoms with Gasteiger partial charge in [0, 0.05) is 38.5 Å². The average molecular weight is 325 g/mol. The third-order valence-electron chi connectivity index (χ3n) is 3.12. The monoisotopic (exact) mass is 325 g/mol. The Kier molecular flexibility index (Phi) is 5.41. The van der Waals surface area contributed by atoms with Gasteiger partial charge in [0.1, 0.15) is 17.3 Å². The zero-order chi connectivity index (χ0) is 17.0. The number of nitrogens with one attached hydrogen (secondary N) is 1. The van der Waals surface area contributed by atoms with Crippen LogP contribution in [0.4, 0.5) is 8.78 Å². The molecule has 124 valence electrons. The van der Waals surface area contributed by atoms with E-state index in [1.165, 1.54) is 24.1 Å². The van der Waals surface area contributed by atoms with Crippen LogP contribution in [0.5, 0.6) is 0 Å². The number of hydrogen-bond donors (Lipinski definition) is 2. The maximum atomic E-state index is 13.9. The van der Waals surface area contributed by atoms with E-state index in [9.17, 15) is 18.7 Å². The summed E-state index contributed by atoms with van der Waals surface area (Å²) in [5, 5.41) is 16.1. The first-order valence-corrected chi connectivity index (χ1v) is 6.86. The molecule has 1 unspecified atom stereocenters. The van der Waals surface area contributed by atoms with Gasteiger partial charge in [-0.15, -0.1) is 0 Å². The molecule has 0 saturated carbocycles. The van der Waals surface area contributed by atoms with Crippen LogP contribution < -0.4 is 5.32 Å². The number of aryl methyl sites for hydroxylation is 1. The number of aliphatic hydroxyl groups excluding tert-OH is 1. The van der Waals surface area contributed by atoms with Gasteiger partial charge in [0.15, 0.2) is 0 Å². The molecule has 6 nitrogen and oxygen atoms in total. The first-order valence-electron chi connectivity index (χ1n) is 6.86. The Labute approximate surface area is 131 Å². The molecule has 0 bridgehead atoms. The Balaban J connectivity index is 2.25. The molecule has 1 amide bonds. The van der Waals surface area contributed by atoms with E-state index in [1.54, 1.807) is 7.05 Å². The van der Waals surface area contributed by atoms with Crippen LogP contribution in [0.15, 0.2) is 24.4 Å². The van der Waals surface area contributed by atoms with Crippen molar-refractivity contribution in [3.05, 3.63) is 41.6 Å². The Bertz CT molecular complexity index is 703. The van der Waals surface area contributed by atoms with Crippen LogP contribution in [-0.4, -0.2) is 47.2 Å². The largest absolute Gasteiger partial charge is 0.389 e. The van der Waals surface area contributed by atoms with E-state index in [0.717, 1.165) is 12.1 Å². The molecule has 8 heteroatoms. The number of carbonyl (C=O) groups is 1. The number of rotatable bonds is 6. The predicted octanol–water partition coefficient (Wildman–Crippen LogP) is 1.10. The molecule has 2 aromatic rings. The van der Waals surface area contributed by atoms with Gasteiger partial charge in [0.25, 0.3) is 5.91 Å². The van der Waals surface area contributed by atoms with Gasteiger partial charge in [-0.1, -0.05) is 0 Å². The maximum Gasteiger partial charge on any atom is 0.255 e. The molecule has 0 saturated heterocycles. The summed E-state index contributed by atoms with van der Waals surface area (Å²) in [6.07, 6.45) is 0.572. The first kappa shape index (κ1) is 17.0. The van der Waals surface area contributed by atoms with E-state index in [-0.39, 0.29) is 30.0 Å². The van der Waals surface area contributed by atoms with Crippen molar-refractivity contribution in [3.8, 4) is 11.3 Å². The van der Waals surface area contributed by atoms with Crippen LogP contribution in [0.1, 0.15) is 10.4 Å². The lowest BCUT2D eigenvalue weighted by atomic mass is 10.1. The maximum absolute atomic E-state index is 13.9. The summed E-state index contributed by atoms with van der Waals surface area (Å²) in [6, 6.07) is 3.05. The summed E-state index contributed by atoms with van der Waals surface area (Å²) in [5.41, 5.74) is 0.251. The van der Waals surface area contributed by atoms with E-state index in [1.807, 2.05) is 0 Å². The number of benzene rings is 1. The molecule has 0 aliphatic heterocycles. The van der Waals surface area contributed by atoms with Gasteiger partial charge in [-0.2, -0.15) is 5.10 Å². The number of amides is 1. The highest BCUT2D eigenvalue weighted by Crippen LogP contribution is 2.25. The lowest BCUT2D eigenvalue weighted by Crippen LogP contribution is -2.34. The van der Waals surface area contributed by atoms with Crippen LogP contribution in [0, 0.1) is 11.6 Å². The smallest absolute Gasteiger partial charge is 0.255 e. The second-order valence-corrected chi connectivity index (χ2v) is 5.01. The predicted molar refractivity (Wildman–Crippen MR) is 78.8 cm³/mol. The molecule has 1 atom stereocenters. The molecule has 1 heterocycles. The van der Waals surface area contributed by atoms with Gasteiger partial charge in [0.05, 0.1) is 18.3 Å². The molecular formula is C15H17F2N3O3. The summed E-state index contributed by atoms with van der Waals surface area (Å²) in [5.74, 6) is -2.04. The lowest BCUT2D eigenvalue weighted by Gasteiger charge is -2.10. The second-order valence-electron chi connectivity index (χ2n) is 5.01. The van der Waals surface area contributed by atoms with Crippen LogP contribution in [0.3, 0.4) is 0 Å². The summed E-state index contributed by atoms with van der Waals surface area (Å²) in [4.78, 5) is 12.2. The highest BCUT2D eigenvalue weighted by molar-refractivity contribution is 5.99. The molecule has 0 spiro atoms. The average Bonchev–Trinajstić information content (AvgIpc) is 2.87. The third-order valence-corrected chi connectivity index (χ3v) is 3.12. The molecule has 1 aromatic carbocycles. The fraction of sp³-hybridized carbons (Fsp3) is 0.333. The van der Waals surface area contributed by atoms with Gasteiger partial charge in [-0.05, 0) is 12.1 Å². The van der Waals surface area contributed by atoms with Crippen LogP contribution >= 0.6 is 0 Å². The zero-order valence-corrected chi connectivity index (χ0v) is 12.7. The van der Waals surface area contributed by atoms with E-state index < -0.39 is 23.6 Å². The van der Waals surface area contributed by atoms with Crippen molar-refractivity contribution < 1.29 is 23.4 Å². The van der Waals surface area contributed by atoms with Gasteiger partial charge in [-0.3, -0.25) is 9.48 Å². The lowest BCUT2D eigenvalue weighted by molar-refractivity contribution is 0.0610. The molecular weight excluding hydrogens is 308 g/mol. The van der Waals surface area contributed by atoms with Gasteiger partial charge >= 0.3 is 0 Å². The van der Waals surface area contributed by atoms with Crippen molar-refractivity contribution >= 4 is 5.91 Å². The Morgan fingerprint density at radius 2 is 2.22 bits per heavy atom. The number of aromatic nitrogens is 2. The highest BCUT2D eigenvalue weighted by atomic mass is 19.1. The number of methoxy groups -OCH3 is 1. The van der Waals surface area contributed by atoms with Crippen LogP contribution in [0.25, 0.3) is 11.3 Å². The van der Waals surface area contributed by atoms with E-state index in [0.29, 0.717) is 0 Å². The number of nitrogens with zero attached hydrogens (tertiary/aromatic N) is 2. The van der Waals surface area contributed by atoms with Crippen molar-refractivity contribution in [1.29, 1.82) is 0 Å². The molecule has 0 aliphatic carbocycles. The summed E-state index contributed by atoms with van der Waals surface area (Å²) in [6.45, 7) is 0.0552. The van der Waals surface area contributed by atoms with E-state index >= 15 is 0 Å². The molecule has 0 radical (unpaired) electrons. The van der Waals surface area contributed by atoms with Crippen molar-refractivity contribution in [3.63, 3.8) is 0 Å². The third kappa shape index (κ3) is 4.11. The Morgan fingerprint density at radius 3 is 2.87 bits per heavy atom. The fourth-order valence-electron chi connectivity index (χ4n) is 2.09. The van der Waals surface area contributed by atoms with E-state index in [4.69, 9.17) is 4.74 Å². The number of ether oxygens (including phenoxy) is 1. The van der Waals surface area contributed by atoms with Crippen molar-refractivity contribution in [1.82, 2.24) is 15.1 Å². The van der Waals surface area contributed by atoms with E-state index in [2.05, 4.69) is 10.4 Å². The molecule has 23 heavy (non-hydrogen) atoms. The highest BCUT2D eigenvalue weighted by Gasteiger charge is 2.20. The minimum atomic E-state index is -0.855. The van der Waals surface area contributed by atoms with Crippen molar-refractivity contribution in [2.24, 2.45) is 7.05 Å². The number of halogens is 2. The molecule has 2 N–H and O–H groups in total. The topological polar surface area (TPSA) is 76.4 Å². The number of hydrogen-bond acceptors (Lipinski definition) is 4.